The lowest BCUT2D eigenvalue weighted by atomic mass is 10.1. The average Bonchev–Trinajstić information content (AvgIpc) is 2.31. The molecule has 0 aromatic heterocycles. The fraction of sp³-hybridized carbons (Fsp3) is 0.200. The summed E-state index contributed by atoms with van der Waals surface area (Å²) in [6, 6.07) is 16.1. The molecule has 0 aliphatic heterocycles. The van der Waals surface area contributed by atoms with Crippen LogP contribution in [-0.4, -0.2) is 19.0 Å². The van der Waals surface area contributed by atoms with Crippen LogP contribution >= 0.6 is 11.6 Å². The van der Waals surface area contributed by atoms with Gasteiger partial charge < -0.3 is 10.2 Å². The average molecular weight is 261 g/mol. The van der Waals surface area contributed by atoms with Gasteiger partial charge in [0.2, 0.25) is 0 Å². The van der Waals surface area contributed by atoms with Gasteiger partial charge in [0.15, 0.2) is 0 Å². The second kappa shape index (κ2) is 5.89. The van der Waals surface area contributed by atoms with Crippen molar-refractivity contribution in [1.29, 1.82) is 0 Å². The Hall–Kier alpha value is -1.51. The molecule has 0 spiro atoms. The van der Waals surface area contributed by atoms with Crippen molar-refractivity contribution in [3.8, 4) is 0 Å². The van der Waals surface area contributed by atoms with Gasteiger partial charge in [-0.2, -0.15) is 0 Å². The predicted molar refractivity (Wildman–Crippen MR) is 78.6 cm³/mol. The number of nitrogens with zero attached hydrogens (tertiary/aromatic N) is 1. The molecule has 0 fully saturated rings. The second-order valence-corrected chi connectivity index (χ2v) is 4.97. The van der Waals surface area contributed by atoms with Gasteiger partial charge in [0.05, 0.1) is 0 Å². The standard InChI is InChI=1S/C15H17ClN2/c1-18(2)11-12-6-3-4-9-15(12)17-14-8-5-7-13(16)10-14/h3-10,17H,11H2,1-2H3. The highest BCUT2D eigenvalue weighted by Gasteiger charge is 2.03. The Kier molecular flexibility index (Phi) is 4.24. The summed E-state index contributed by atoms with van der Waals surface area (Å²) in [6.45, 7) is 0.906. The molecule has 2 aromatic carbocycles. The van der Waals surface area contributed by atoms with Crippen LogP contribution < -0.4 is 5.32 Å². The minimum atomic E-state index is 0.741. The van der Waals surface area contributed by atoms with Gasteiger partial charge in [-0.15, -0.1) is 0 Å². The van der Waals surface area contributed by atoms with Crippen LogP contribution in [0.3, 0.4) is 0 Å². The van der Waals surface area contributed by atoms with E-state index in [4.69, 9.17) is 11.6 Å². The molecule has 0 saturated carbocycles. The summed E-state index contributed by atoms with van der Waals surface area (Å²) in [4.78, 5) is 2.15. The first-order chi connectivity index (χ1) is 8.65. The van der Waals surface area contributed by atoms with Gasteiger partial charge in [-0.05, 0) is 43.9 Å². The summed E-state index contributed by atoms with van der Waals surface area (Å²) >= 11 is 5.99. The van der Waals surface area contributed by atoms with Crippen LogP contribution in [-0.2, 0) is 6.54 Å². The smallest absolute Gasteiger partial charge is 0.0429 e. The quantitative estimate of drug-likeness (QED) is 0.889. The molecule has 0 heterocycles. The van der Waals surface area contributed by atoms with Crippen molar-refractivity contribution in [2.75, 3.05) is 19.4 Å². The van der Waals surface area contributed by atoms with E-state index < -0.39 is 0 Å². The summed E-state index contributed by atoms with van der Waals surface area (Å²) in [5.74, 6) is 0. The van der Waals surface area contributed by atoms with E-state index in [0.717, 1.165) is 22.9 Å². The summed E-state index contributed by atoms with van der Waals surface area (Å²) in [5.41, 5.74) is 3.39. The first kappa shape index (κ1) is 12.9. The van der Waals surface area contributed by atoms with E-state index in [2.05, 4.69) is 42.5 Å². The third-order valence-electron chi connectivity index (χ3n) is 2.61. The Bertz CT molecular complexity index is 523. The Balaban J connectivity index is 2.23. The molecular formula is C15H17ClN2. The summed E-state index contributed by atoms with van der Waals surface area (Å²) in [6.07, 6.45) is 0. The van der Waals surface area contributed by atoms with Gasteiger partial charge in [-0.3, -0.25) is 0 Å². The molecule has 3 heteroatoms. The van der Waals surface area contributed by atoms with Crippen molar-refractivity contribution >= 4 is 23.0 Å². The number of benzene rings is 2. The maximum absolute atomic E-state index is 5.99. The Morgan fingerprint density at radius 1 is 1.06 bits per heavy atom. The molecule has 0 amide bonds. The number of para-hydroxylation sites is 1. The van der Waals surface area contributed by atoms with E-state index in [9.17, 15) is 0 Å². The number of hydrogen-bond donors (Lipinski definition) is 1. The van der Waals surface area contributed by atoms with E-state index in [1.165, 1.54) is 5.56 Å². The predicted octanol–water partition coefficient (Wildman–Crippen LogP) is 4.15. The summed E-state index contributed by atoms with van der Waals surface area (Å²) in [7, 11) is 4.13. The van der Waals surface area contributed by atoms with Crippen LogP contribution in [0, 0.1) is 0 Å². The first-order valence-corrected chi connectivity index (χ1v) is 6.28. The molecule has 94 valence electrons. The van der Waals surface area contributed by atoms with Gasteiger partial charge in [-0.1, -0.05) is 35.9 Å². The lowest BCUT2D eigenvalue weighted by Crippen LogP contribution is -2.12. The van der Waals surface area contributed by atoms with Crippen molar-refractivity contribution < 1.29 is 0 Å². The van der Waals surface area contributed by atoms with E-state index >= 15 is 0 Å². The molecule has 1 N–H and O–H groups in total. The maximum Gasteiger partial charge on any atom is 0.0429 e. The molecule has 0 unspecified atom stereocenters. The molecule has 0 aliphatic rings. The fourth-order valence-electron chi connectivity index (χ4n) is 1.84. The third-order valence-corrected chi connectivity index (χ3v) is 2.84. The van der Waals surface area contributed by atoms with Gasteiger partial charge in [0, 0.05) is 22.9 Å². The Labute approximate surface area is 113 Å². The van der Waals surface area contributed by atoms with Crippen molar-refractivity contribution in [3.63, 3.8) is 0 Å². The summed E-state index contributed by atoms with van der Waals surface area (Å²) < 4.78 is 0. The molecule has 0 atom stereocenters. The molecule has 0 saturated heterocycles. The van der Waals surface area contributed by atoms with Crippen molar-refractivity contribution in [2.24, 2.45) is 0 Å². The Morgan fingerprint density at radius 3 is 2.56 bits per heavy atom. The van der Waals surface area contributed by atoms with Gasteiger partial charge in [0.25, 0.3) is 0 Å². The molecule has 0 radical (unpaired) electrons. The lowest BCUT2D eigenvalue weighted by Gasteiger charge is -2.15. The largest absolute Gasteiger partial charge is 0.355 e. The maximum atomic E-state index is 5.99. The number of rotatable bonds is 4. The zero-order valence-corrected chi connectivity index (χ0v) is 11.4. The summed E-state index contributed by atoms with van der Waals surface area (Å²) in [5, 5.41) is 4.15. The van der Waals surface area contributed by atoms with Crippen LogP contribution in [0.15, 0.2) is 48.5 Å². The highest BCUT2D eigenvalue weighted by Crippen LogP contribution is 2.23. The zero-order chi connectivity index (χ0) is 13.0. The van der Waals surface area contributed by atoms with E-state index in [1.54, 1.807) is 0 Å². The molecular weight excluding hydrogens is 244 g/mol. The third kappa shape index (κ3) is 3.49. The van der Waals surface area contributed by atoms with Crippen LogP contribution in [0.4, 0.5) is 11.4 Å². The van der Waals surface area contributed by atoms with Crippen molar-refractivity contribution in [2.45, 2.75) is 6.54 Å². The van der Waals surface area contributed by atoms with Crippen LogP contribution in [0.5, 0.6) is 0 Å². The van der Waals surface area contributed by atoms with Gasteiger partial charge in [-0.25, -0.2) is 0 Å². The van der Waals surface area contributed by atoms with E-state index in [-0.39, 0.29) is 0 Å². The monoisotopic (exact) mass is 260 g/mol. The zero-order valence-electron chi connectivity index (χ0n) is 10.7. The highest BCUT2D eigenvalue weighted by atomic mass is 35.5. The first-order valence-electron chi connectivity index (χ1n) is 5.90. The molecule has 2 aromatic rings. The van der Waals surface area contributed by atoms with Crippen LogP contribution in [0.25, 0.3) is 0 Å². The van der Waals surface area contributed by atoms with Crippen molar-refractivity contribution in [3.05, 3.63) is 59.1 Å². The highest BCUT2D eigenvalue weighted by molar-refractivity contribution is 6.30. The second-order valence-electron chi connectivity index (χ2n) is 4.53. The Morgan fingerprint density at radius 2 is 1.83 bits per heavy atom. The number of nitrogens with one attached hydrogen (secondary N) is 1. The normalized spacial score (nSPS) is 10.7. The molecule has 18 heavy (non-hydrogen) atoms. The van der Waals surface area contributed by atoms with Crippen LogP contribution in [0.1, 0.15) is 5.56 Å². The van der Waals surface area contributed by atoms with Crippen LogP contribution in [0.2, 0.25) is 5.02 Å². The van der Waals surface area contributed by atoms with E-state index in [1.807, 2.05) is 30.3 Å². The number of hydrogen-bond acceptors (Lipinski definition) is 2. The molecule has 2 nitrogen and oxygen atoms in total. The van der Waals surface area contributed by atoms with E-state index in [0.29, 0.717) is 0 Å². The number of halogens is 1. The lowest BCUT2D eigenvalue weighted by molar-refractivity contribution is 0.403. The fourth-order valence-corrected chi connectivity index (χ4v) is 2.03. The molecule has 2 rings (SSSR count). The van der Waals surface area contributed by atoms with Gasteiger partial charge in [0.1, 0.15) is 0 Å². The number of anilines is 2. The molecule has 0 bridgehead atoms. The molecule has 0 aliphatic carbocycles. The van der Waals surface area contributed by atoms with Gasteiger partial charge >= 0.3 is 0 Å². The topological polar surface area (TPSA) is 15.3 Å². The minimum absolute atomic E-state index is 0.741. The van der Waals surface area contributed by atoms with Crippen molar-refractivity contribution in [1.82, 2.24) is 4.90 Å². The SMILES string of the molecule is CN(C)Cc1ccccc1Nc1cccc(Cl)c1. The minimum Gasteiger partial charge on any atom is -0.355 e.